The Kier molecular flexibility index (Phi) is 4.12. The predicted molar refractivity (Wildman–Crippen MR) is 52.5 cm³/mol. The number of anilines is 1. The van der Waals surface area contributed by atoms with E-state index in [1.807, 2.05) is 18.2 Å². The summed E-state index contributed by atoms with van der Waals surface area (Å²) in [5.41, 5.74) is 6.31. The van der Waals surface area contributed by atoms with Crippen molar-refractivity contribution in [1.82, 2.24) is 0 Å². The van der Waals surface area contributed by atoms with Crippen LogP contribution in [0.2, 0.25) is 0 Å². The van der Waals surface area contributed by atoms with E-state index in [0.29, 0.717) is 31.3 Å². The lowest BCUT2D eigenvalue weighted by Gasteiger charge is -2.07. The molecule has 0 heterocycles. The fourth-order valence-electron chi connectivity index (χ4n) is 0.925. The summed E-state index contributed by atoms with van der Waals surface area (Å²) in [4.78, 5) is 0. The van der Waals surface area contributed by atoms with Crippen LogP contribution in [0.15, 0.2) is 24.3 Å². The predicted octanol–water partition coefficient (Wildman–Crippen LogP) is 1.50. The molecule has 2 N–H and O–H groups in total. The first kappa shape index (κ1) is 9.86. The Morgan fingerprint density at radius 1 is 1.23 bits per heavy atom. The first-order valence-corrected chi connectivity index (χ1v) is 4.19. The maximum Gasteiger partial charge on any atom is 0.142 e. The molecule has 0 aliphatic heterocycles. The summed E-state index contributed by atoms with van der Waals surface area (Å²) in [6.45, 7) is 5.05. The molecule has 1 rings (SSSR count). The van der Waals surface area contributed by atoms with Gasteiger partial charge in [0.1, 0.15) is 12.4 Å². The second-order valence-corrected chi connectivity index (χ2v) is 2.50. The molecule has 0 saturated heterocycles. The van der Waals surface area contributed by atoms with E-state index in [0.717, 1.165) is 0 Å². The normalized spacial score (nSPS) is 9.92. The summed E-state index contributed by atoms with van der Waals surface area (Å²) in [5, 5.41) is 0. The highest BCUT2D eigenvalue weighted by molar-refractivity contribution is 5.51. The molecule has 0 aliphatic carbocycles. The standard InChI is InChI=1S/C10H14NO2/c1-2-12-7-8-13-10-6-4-3-5-9(10)11/h3-6H,1-2,7-8,11H2. The number of hydrogen-bond acceptors (Lipinski definition) is 3. The summed E-state index contributed by atoms with van der Waals surface area (Å²) in [7, 11) is 0. The van der Waals surface area contributed by atoms with Gasteiger partial charge in [-0.15, -0.1) is 0 Å². The van der Waals surface area contributed by atoms with Crippen molar-refractivity contribution in [3.8, 4) is 5.75 Å². The fourth-order valence-corrected chi connectivity index (χ4v) is 0.925. The molecule has 0 unspecified atom stereocenters. The van der Waals surface area contributed by atoms with Crippen LogP contribution in [0.3, 0.4) is 0 Å². The van der Waals surface area contributed by atoms with E-state index >= 15 is 0 Å². The van der Waals surface area contributed by atoms with Gasteiger partial charge in [0.25, 0.3) is 0 Å². The van der Waals surface area contributed by atoms with Gasteiger partial charge in [0.05, 0.1) is 12.3 Å². The molecule has 71 valence electrons. The Morgan fingerprint density at radius 2 is 2.00 bits per heavy atom. The van der Waals surface area contributed by atoms with Gasteiger partial charge in [-0.05, 0) is 19.1 Å². The van der Waals surface area contributed by atoms with E-state index in [-0.39, 0.29) is 0 Å². The molecule has 3 nitrogen and oxygen atoms in total. The zero-order valence-corrected chi connectivity index (χ0v) is 7.53. The van der Waals surface area contributed by atoms with Gasteiger partial charge >= 0.3 is 0 Å². The third kappa shape index (κ3) is 3.34. The van der Waals surface area contributed by atoms with E-state index < -0.39 is 0 Å². The van der Waals surface area contributed by atoms with E-state index in [9.17, 15) is 0 Å². The van der Waals surface area contributed by atoms with Crippen LogP contribution in [0.25, 0.3) is 0 Å². The molecule has 0 atom stereocenters. The Balaban J connectivity index is 2.32. The van der Waals surface area contributed by atoms with Crippen LogP contribution in [0.4, 0.5) is 5.69 Å². The smallest absolute Gasteiger partial charge is 0.142 e. The quantitative estimate of drug-likeness (QED) is 0.551. The Bertz CT molecular complexity index is 250. The highest BCUT2D eigenvalue weighted by Gasteiger charge is 1.96. The lowest BCUT2D eigenvalue weighted by molar-refractivity contribution is 0.120. The third-order valence-electron chi connectivity index (χ3n) is 1.55. The molecular weight excluding hydrogens is 166 g/mol. The van der Waals surface area contributed by atoms with Crippen molar-refractivity contribution in [2.45, 2.75) is 0 Å². The van der Waals surface area contributed by atoms with Crippen molar-refractivity contribution in [2.75, 3.05) is 25.6 Å². The molecule has 0 fully saturated rings. The SMILES string of the molecule is [CH2]COCCOc1ccccc1N. The zero-order valence-electron chi connectivity index (χ0n) is 7.53. The van der Waals surface area contributed by atoms with Gasteiger partial charge in [0.2, 0.25) is 0 Å². The number of nitrogens with two attached hydrogens (primary N) is 1. The minimum absolute atomic E-state index is 0.466. The topological polar surface area (TPSA) is 44.5 Å². The van der Waals surface area contributed by atoms with E-state index in [1.54, 1.807) is 6.07 Å². The molecule has 0 amide bonds. The number of ether oxygens (including phenoxy) is 2. The van der Waals surface area contributed by atoms with E-state index in [4.69, 9.17) is 15.2 Å². The van der Waals surface area contributed by atoms with Gasteiger partial charge in [0.15, 0.2) is 0 Å². The van der Waals surface area contributed by atoms with Crippen LogP contribution in [0.1, 0.15) is 0 Å². The summed E-state index contributed by atoms with van der Waals surface area (Å²) in [5.74, 6) is 0.704. The Hall–Kier alpha value is -1.22. The molecule has 0 bridgehead atoms. The number of hydrogen-bond donors (Lipinski definition) is 1. The molecule has 0 aromatic heterocycles. The molecule has 0 saturated carbocycles. The highest BCUT2D eigenvalue weighted by Crippen LogP contribution is 2.19. The lowest BCUT2D eigenvalue weighted by atomic mass is 10.3. The van der Waals surface area contributed by atoms with Crippen molar-refractivity contribution >= 4 is 5.69 Å². The number of para-hydroxylation sites is 2. The molecule has 3 heteroatoms. The molecule has 1 aromatic rings. The molecular formula is C10H14NO2. The minimum atomic E-state index is 0.466. The maximum absolute atomic E-state index is 5.66. The molecule has 0 spiro atoms. The van der Waals surface area contributed by atoms with Gasteiger partial charge in [0, 0.05) is 6.61 Å². The van der Waals surface area contributed by atoms with Crippen molar-refractivity contribution < 1.29 is 9.47 Å². The first-order chi connectivity index (χ1) is 6.34. The average Bonchev–Trinajstić information content (AvgIpc) is 2.15. The number of nitrogen functional groups attached to an aromatic ring is 1. The summed E-state index contributed by atoms with van der Waals surface area (Å²) < 4.78 is 10.4. The van der Waals surface area contributed by atoms with Crippen molar-refractivity contribution in [3.63, 3.8) is 0 Å². The summed E-state index contributed by atoms with van der Waals surface area (Å²) in [6, 6.07) is 7.39. The van der Waals surface area contributed by atoms with Crippen LogP contribution in [0.5, 0.6) is 5.75 Å². The van der Waals surface area contributed by atoms with Crippen LogP contribution in [0, 0.1) is 6.92 Å². The van der Waals surface area contributed by atoms with E-state index in [1.165, 1.54) is 0 Å². The fraction of sp³-hybridized carbons (Fsp3) is 0.300. The second-order valence-electron chi connectivity index (χ2n) is 2.50. The van der Waals surface area contributed by atoms with Gasteiger partial charge in [-0.25, -0.2) is 0 Å². The van der Waals surface area contributed by atoms with Crippen LogP contribution < -0.4 is 10.5 Å². The van der Waals surface area contributed by atoms with Gasteiger partial charge < -0.3 is 15.2 Å². The van der Waals surface area contributed by atoms with Gasteiger partial charge in [-0.1, -0.05) is 12.1 Å². The number of rotatable bonds is 5. The van der Waals surface area contributed by atoms with Crippen LogP contribution >= 0.6 is 0 Å². The van der Waals surface area contributed by atoms with Crippen molar-refractivity contribution in [3.05, 3.63) is 31.2 Å². The molecule has 1 aromatic carbocycles. The first-order valence-electron chi connectivity index (χ1n) is 4.19. The Morgan fingerprint density at radius 3 is 2.69 bits per heavy atom. The highest BCUT2D eigenvalue weighted by atomic mass is 16.5. The van der Waals surface area contributed by atoms with Crippen LogP contribution in [-0.4, -0.2) is 19.8 Å². The summed E-state index contributed by atoms with van der Waals surface area (Å²) in [6.07, 6.45) is 0. The van der Waals surface area contributed by atoms with Gasteiger partial charge in [-0.2, -0.15) is 0 Å². The Labute approximate surface area is 78.5 Å². The average molecular weight is 180 g/mol. The number of benzene rings is 1. The molecule has 13 heavy (non-hydrogen) atoms. The second kappa shape index (κ2) is 5.43. The maximum atomic E-state index is 5.66. The van der Waals surface area contributed by atoms with Crippen molar-refractivity contribution in [1.29, 1.82) is 0 Å². The van der Waals surface area contributed by atoms with Gasteiger partial charge in [-0.3, -0.25) is 0 Å². The third-order valence-corrected chi connectivity index (χ3v) is 1.55. The van der Waals surface area contributed by atoms with E-state index in [2.05, 4.69) is 6.92 Å². The minimum Gasteiger partial charge on any atom is -0.489 e. The zero-order chi connectivity index (χ0) is 9.52. The molecule has 1 radical (unpaired) electrons. The lowest BCUT2D eigenvalue weighted by Crippen LogP contribution is -2.07. The largest absolute Gasteiger partial charge is 0.489 e. The van der Waals surface area contributed by atoms with Crippen molar-refractivity contribution in [2.24, 2.45) is 0 Å². The van der Waals surface area contributed by atoms with Crippen LogP contribution in [-0.2, 0) is 4.74 Å². The monoisotopic (exact) mass is 180 g/mol. The summed E-state index contributed by atoms with van der Waals surface area (Å²) >= 11 is 0. The molecule has 0 aliphatic rings.